The molecule has 6 nitrogen and oxygen atoms in total. The van der Waals surface area contributed by atoms with Crippen molar-refractivity contribution in [3.63, 3.8) is 0 Å². The van der Waals surface area contributed by atoms with Crippen molar-refractivity contribution in [2.75, 3.05) is 7.11 Å². The smallest absolute Gasteiger partial charge is 0.255 e. The van der Waals surface area contributed by atoms with Crippen LogP contribution in [-0.2, 0) is 18.9 Å². The first kappa shape index (κ1) is 21.2. The number of carbonyl (C=O) groups is 1. The minimum absolute atomic E-state index is 0.0783. The third-order valence-corrected chi connectivity index (χ3v) is 6.13. The van der Waals surface area contributed by atoms with Crippen LogP contribution in [0.15, 0.2) is 48.8 Å². The average Bonchev–Trinajstić information content (AvgIpc) is 3.26. The molecule has 1 aliphatic rings. The van der Waals surface area contributed by atoms with Crippen molar-refractivity contribution in [2.24, 2.45) is 7.05 Å². The van der Waals surface area contributed by atoms with Crippen molar-refractivity contribution < 1.29 is 13.9 Å². The summed E-state index contributed by atoms with van der Waals surface area (Å²) >= 11 is 0. The number of ether oxygens (including phenoxy) is 1. The Hall–Kier alpha value is -3.61. The van der Waals surface area contributed by atoms with Crippen LogP contribution in [0.25, 0.3) is 22.0 Å². The van der Waals surface area contributed by atoms with Gasteiger partial charge >= 0.3 is 0 Å². The maximum absolute atomic E-state index is 15.4. The highest BCUT2D eigenvalue weighted by Crippen LogP contribution is 2.37. The number of hydrogen-bond donors (Lipinski definition) is 0. The van der Waals surface area contributed by atoms with Crippen LogP contribution in [0.5, 0.6) is 5.75 Å². The Morgan fingerprint density at radius 1 is 1.18 bits per heavy atom. The van der Waals surface area contributed by atoms with Crippen molar-refractivity contribution in [3.05, 3.63) is 77.0 Å². The topological polar surface area (TPSA) is 60.3 Å². The lowest BCUT2D eigenvalue weighted by atomic mass is 9.59. The molecule has 0 bridgehead atoms. The predicted molar refractivity (Wildman–Crippen MR) is 125 cm³/mol. The second-order valence-corrected chi connectivity index (χ2v) is 8.25. The number of aromatic nitrogens is 3. The Morgan fingerprint density at radius 2 is 1.97 bits per heavy atom. The first-order valence-corrected chi connectivity index (χ1v) is 10.4. The number of hydrogen-bond acceptors (Lipinski definition) is 4. The summed E-state index contributed by atoms with van der Waals surface area (Å²) in [6.07, 6.45) is 3.40. The monoisotopic (exact) mass is 436 g/mol. The van der Waals surface area contributed by atoms with Crippen LogP contribution in [0, 0.1) is 12.7 Å². The molecule has 4 radical (unpaired) electrons. The molecular weight excluding hydrogens is 417 g/mol. The van der Waals surface area contributed by atoms with Gasteiger partial charge in [-0.05, 0) is 53.9 Å². The summed E-state index contributed by atoms with van der Waals surface area (Å²) in [6, 6.07) is 10.3. The number of aryl methyl sites for hydroxylation is 2. The molecule has 0 aliphatic carbocycles. The molecule has 0 N–H and O–H groups in total. The molecule has 2 aromatic carbocycles. The predicted octanol–water partition coefficient (Wildman–Crippen LogP) is 3.19. The van der Waals surface area contributed by atoms with Crippen LogP contribution in [-0.4, -0.2) is 48.4 Å². The summed E-state index contributed by atoms with van der Waals surface area (Å²) in [5, 5.41) is 3.69. The number of halogens is 1. The standard InChI is InChI=1S/C24H19B2FN4O2/c1-13-9-14(15-6-7-20(33-3)21-18(15)11-30(2)29-21)10-19(27)17(13)12-31-23(32)16-5-4-8-28-22(16)24(31,25)26/h4-11H,12H2,1-3H3. The SMILES string of the molecule is [B]C1([B])c2ncccc2C(=O)N1Cc1c(C)cc(-c2ccc(OC)c3nn(C)cc23)cc1F. The lowest BCUT2D eigenvalue weighted by Crippen LogP contribution is -2.45. The van der Waals surface area contributed by atoms with Crippen molar-refractivity contribution in [1.29, 1.82) is 0 Å². The minimum atomic E-state index is -1.62. The van der Waals surface area contributed by atoms with Crippen LogP contribution >= 0.6 is 0 Å². The average molecular weight is 436 g/mol. The van der Waals surface area contributed by atoms with E-state index in [0.717, 1.165) is 10.9 Å². The fraction of sp³-hybridized carbons (Fsp3) is 0.208. The molecule has 4 aromatic rings. The lowest BCUT2D eigenvalue weighted by molar-refractivity contribution is 0.0729. The summed E-state index contributed by atoms with van der Waals surface area (Å²) in [6.45, 7) is 1.72. The fourth-order valence-electron chi connectivity index (χ4n) is 4.44. The van der Waals surface area contributed by atoms with E-state index in [1.54, 1.807) is 30.8 Å². The van der Waals surface area contributed by atoms with Crippen molar-refractivity contribution in [2.45, 2.75) is 18.8 Å². The molecule has 2 aromatic heterocycles. The normalized spacial score (nSPS) is 14.7. The molecule has 0 spiro atoms. The van der Waals surface area contributed by atoms with Gasteiger partial charge in [-0.2, -0.15) is 5.10 Å². The van der Waals surface area contributed by atoms with E-state index >= 15 is 4.39 Å². The van der Waals surface area contributed by atoms with E-state index in [2.05, 4.69) is 10.1 Å². The molecule has 33 heavy (non-hydrogen) atoms. The van der Waals surface area contributed by atoms with E-state index in [4.69, 9.17) is 20.4 Å². The van der Waals surface area contributed by atoms with Crippen molar-refractivity contribution in [3.8, 4) is 16.9 Å². The highest BCUT2D eigenvalue weighted by molar-refractivity contribution is 6.42. The van der Waals surface area contributed by atoms with Crippen LogP contribution < -0.4 is 4.74 Å². The number of benzene rings is 2. The molecule has 1 aliphatic heterocycles. The zero-order valence-corrected chi connectivity index (χ0v) is 18.5. The summed E-state index contributed by atoms with van der Waals surface area (Å²) in [7, 11) is 15.9. The maximum Gasteiger partial charge on any atom is 0.255 e. The lowest BCUT2D eigenvalue weighted by Gasteiger charge is -2.33. The summed E-state index contributed by atoms with van der Waals surface area (Å²) in [5.74, 6) is -0.185. The summed E-state index contributed by atoms with van der Waals surface area (Å²) in [5.41, 5.74) is 3.84. The van der Waals surface area contributed by atoms with Gasteiger partial charge in [-0.3, -0.25) is 14.5 Å². The Balaban J connectivity index is 1.55. The van der Waals surface area contributed by atoms with Gasteiger partial charge in [0.2, 0.25) is 0 Å². The Labute approximate surface area is 193 Å². The van der Waals surface area contributed by atoms with E-state index in [0.29, 0.717) is 33.5 Å². The minimum Gasteiger partial charge on any atom is -0.494 e. The molecule has 0 atom stereocenters. The van der Waals surface area contributed by atoms with E-state index in [-0.39, 0.29) is 18.1 Å². The molecule has 0 saturated carbocycles. The number of pyridine rings is 1. The second-order valence-electron chi connectivity index (χ2n) is 8.25. The first-order valence-electron chi connectivity index (χ1n) is 10.4. The van der Waals surface area contributed by atoms with Gasteiger partial charge in [-0.25, -0.2) is 4.39 Å². The summed E-state index contributed by atoms with van der Waals surface area (Å²) < 4.78 is 22.5. The first-order chi connectivity index (χ1) is 15.7. The van der Waals surface area contributed by atoms with Gasteiger partial charge in [0.25, 0.3) is 5.91 Å². The van der Waals surface area contributed by atoms with Gasteiger partial charge in [0, 0.05) is 42.3 Å². The second kappa shape index (κ2) is 7.47. The van der Waals surface area contributed by atoms with E-state index < -0.39 is 11.2 Å². The van der Waals surface area contributed by atoms with Crippen molar-refractivity contribution >= 4 is 32.5 Å². The van der Waals surface area contributed by atoms with Crippen LogP contribution in [0.3, 0.4) is 0 Å². The van der Waals surface area contributed by atoms with E-state index in [1.807, 2.05) is 31.4 Å². The van der Waals surface area contributed by atoms with Gasteiger partial charge < -0.3 is 9.64 Å². The molecule has 0 unspecified atom stereocenters. The van der Waals surface area contributed by atoms with Gasteiger partial charge in [0.1, 0.15) is 17.1 Å². The van der Waals surface area contributed by atoms with Gasteiger partial charge in [0.15, 0.2) is 0 Å². The number of methoxy groups -OCH3 is 1. The maximum atomic E-state index is 15.4. The number of rotatable bonds is 4. The van der Waals surface area contributed by atoms with E-state index in [9.17, 15) is 4.79 Å². The zero-order chi connectivity index (χ0) is 23.5. The van der Waals surface area contributed by atoms with Gasteiger partial charge in [0.05, 0.1) is 34.1 Å². The third kappa shape index (κ3) is 3.22. The highest BCUT2D eigenvalue weighted by atomic mass is 19.1. The molecular formula is C24H19B2FN4O2. The zero-order valence-electron chi connectivity index (χ0n) is 18.5. The molecule has 0 fully saturated rings. The van der Waals surface area contributed by atoms with Gasteiger partial charge in [-0.1, -0.05) is 6.07 Å². The number of nitrogens with zero attached hydrogens (tertiary/aromatic N) is 4. The Morgan fingerprint density at radius 3 is 2.67 bits per heavy atom. The number of fused-ring (bicyclic) bond motifs is 2. The summed E-state index contributed by atoms with van der Waals surface area (Å²) in [4.78, 5) is 18.3. The third-order valence-electron chi connectivity index (χ3n) is 6.13. The molecule has 5 rings (SSSR count). The quantitative estimate of drug-likeness (QED) is 0.462. The number of carbonyl (C=O) groups excluding carboxylic acids is 1. The molecule has 9 heteroatoms. The fourth-order valence-corrected chi connectivity index (χ4v) is 4.44. The van der Waals surface area contributed by atoms with E-state index in [1.165, 1.54) is 17.2 Å². The van der Waals surface area contributed by atoms with Crippen LogP contribution in [0.2, 0.25) is 0 Å². The molecule has 3 heterocycles. The van der Waals surface area contributed by atoms with Crippen molar-refractivity contribution in [1.82, 2.24) is 19.7 Å². The van der Waals surface area contributed by atoms with Gasteiger partial charge in [-0.15, -0.1) is 0 Å². The van der Waals surface area contributed by atoms with Crippen LogP contribution in [0.4, 0.5) is 4.39 Å². The largest absolute Gasteiger partial charge is 0.494 e. The highest BCUT2D eigenvalue weighted by Gasteiger charge is 2.43. The Kier molecular flexibility index (Phi) is 4.81. The Bertz CT molecular complexity index is 1410. The molecule has 160 valence electrons. The molecule has 0 saturated heterocycles. The van der Waals surface area contributed by atoms with Crippen LogP contribution in [0.1, 0.15) is 27.2 Å². The number of amides is 1. The molecule has 1 amide bonds.